The van der Waals surface area contributed by atoms with E-state index < -0.39 is 0 Å². The van der Waals surface area contributed by atoms with Crippen LogP contribution in [0.2, 0.25) is 0 Å². The van der Waals surface area contributed by atoms with Crippen molar-refractivity contribution in [1.29, 1.82) is 0 Å². The minimum absolute atomic E-state index is 0.389. The summed E-state index contributed by atoms with van der Waals surface area (Å²) in [5.74, 6) is 1.55. The summed E-state index contributed by atoms with van der Waals surface area (Å²) in [6.45, 7) is 7.31. The van der Waals surface area contributed by atoms with Gasteiger partial charge in [-0.05, 0) is 25.0 Å². The van der Waals surface area contributed by atoms with E-state index in [1.54, 1.807) is 0 Å². The molecule has 0 spiro atoms. The van der Waals surface area contributed by atoms with Crippen molar-refractivity contribution in [2.24, 2.45) is 5.92 Å². The summed E-state index contributed by atoms with van der Waals surface area (Å²) in [6, 6.07) is 0. The lowest BCUT2D eigenvalue weighted by atomic mass is 10.1. The minimum atomic E-state index is 0.389. The van der Waals surface area contributed by atoms with Gasteiger partial charge in [-0.15, -0.1) is 0 Å². The molecule has 1 atom stereocenters. The predicted molar refractivity (Wildman–Crippen MR) is 48.7 cm³/mol. The number of hydrogen-bond donors (Lipinski definition) is 1. The van der Waals surface area contributed by atoms with Gasteiger partial charge in [0.15, 0.2) is 0 Å². The lowest BCUT2D eigenvalue weighted by molar-refractivity contribution is 0.0364. The molecule has 0 aromatic heterocycles. The molecule has 0 fully saturated rings. The molecule has 0 amide bonds. The summed E-state index contributed by atoms with van der Waals surface area (Å²) < 4.78 is 5.49. The molecule has 0 saturated carbocycles. The Balaban J connectivity index is 3.13. The van der Waals surface area contributed by atoms with Gasteiger partial charge < -0.3 is 4.74 Å². The third kappa shape index (κ3) is 5.12. The van der Waals surface area contributed by atoms with Crippen molar-refractivity contribution in [2.45, 2.75) is 33.3 Å². The van der Waals surface area contributed by atoms with Gasteiger partial charge in [0.05, 0.1) is 6.10 Å². The lowest BCUT2D eigenvalue weighted by Gasteiger charge is -2.15. The van der Waals surface area contributed by atoms with Gasteiger partial charge in [0.1, 0.15) is 0 Å². The van der Waals surface area contributed by atoms with Crippen LogP contribution in [0.25, 0.3) is 0 Å². The maximum Gasteiger partial charge on any atom is 0.0569 e. The van der Waals surface area contributed by atoms with Gasteiger partial charge in [0, 0.05) is 6.61 Å². The fourth-order valence-electron chi connectivity index (χ4n) is 0.526. The Morgan fingerprint density at radius 1 is 1.30 bits per heavy atom. The van der Waals surface area contributed by atoms with Crippen LogP contribution in [0.4, 0.5) is 0 Å². The maximum atomic E-state index is 5.49. The van der Waals surface area contributed by atoms with E-state index in [0.29, 0.717) is 12.0 Å². The van der Waals surface area contributed by atoms with Gasteiger partial charge in [-0.1, -0.05) is 13.8 Å². The zero-order valence-corrected chi connectivity index (χ0v) is 8.03. The highest BCUT2D eigenvalue weighted by atomic mass is 32.1. The van der Waals surface area contributed by atoms with Crippen LogP contribution in [-0.4, -0.2) is 18.5 Å². The molecule has 0 aliphatic carbocycles. The fourth-order valence-corrected chi connectivity index (χ4v) is 0.655. The molecule has 0 bridgehead atoms. The van der Waals surface area contributed by atoms with Gasteiger partial charge in [-0.25, -0.2) is 0 Å². The van der Waals surface area contributed by atoms with Crippen LogP contribution in [-0.2, 0) is 4.74 Å². The van der Waals surface area contributed by atoms with E-state index in [9.17, 15) is 0 Å². The summed E-state index contributed by atoms with van der Waals surface area (Å²) in [5.41, 5.74) is 0. The molecule has 0 N–H and O–H groups in total. The van der Waals surface area contributed by atoms with Crippen molar-refractivity contribution in [3.63, 3.8) is 0 Å². The van der Waals surface area contributed by atoms with Crippen LogP contribution in [0, 0.1) is 5.92 Å². The Bertz CT molecular complexity index is 73.7. The average Bonchev–Trinajstić information content (AvgIpc) is 1.88. The molecular formula is C8H18OS. The molecule has 1 nitrogen and oxygen atoms in total. The SMILES string of the molecule is CC(C)C(C)OCCCS. The van der Waals surface area contributed by atoms with Crippen LogP contribution in [0.5, 0.6) is 0 Å². The number of rotatable bonds is 5. The zero-order valence-electron chi connectivity index (χ0n) is 7.13. The van der Waals surface area contributed by atoms with Crippen molar-refractivity contribution in [1.82, 2.24) is 0 Å². The third-order valence-corrected chi connectivity index (χ3v) is 1.94. The molecule has 62 valence electrons. The Morgan fingerprint density at radius 3 is 2.30 bits per heavy atom. The average molecular weight is 162 g/mol. The van der Waals surface area contributed by atoms with Gasteiger partial charge in [0.2, 0.25) is 0 Å². The minimum Gasteiger partial charge on any atom is -0.378 e. The largest absolute Gasteiger partial charge is 0.378 e. The van der Waals surface area contributed by atoms with Crippen molar-refractivity contribution in [3.8, 4) is 0 Å². The molecule has 0 heterocycles. The number of hydrogen-bond acceptors (Lipinski definition) is 2. The first-order chi connectivity index (χ1) is 4.68. The lowest BCUT2D eigenvalue weighted by Crippen LogP contribution is -2.16. The summed E-state index contributed by atoms with van der Waals surface area (Å²) in [5, 5.41) is 0. The van der Waals surface area contributed by atoms with E-state index in [-0.39, 0.29) is 0 Å². The van der Waals surface area contributed by atoms with E-state index in [1.807, 2.05) is 0 Å². The van der Waals surface area contributed by atoms with E-state index in [4.69, 9.17) is 4.74 Å². The smallest absolute Gasteiger partial charge is 0.0569 e. The summed E-state index contributed by atoms with van der Waals surface area (Å²) in [4.78, 5) is 0. The molecule has 1 unspecified atom stereocenters. The first-order valence-electron chi connectivity index (χ1n) is 3.91. The molecule has 10 heavy (non-hydrogen) atoms. The molecule has 0 radical (unpaired) electrons. The van der Waals surface area contributed by atoms with Crippen LogP contribution in [0.15, 0.2) is 0 Å². The highest BCUT2D eigenvalue weighted by Crippen LogP contribution is 2.05. The Labute approximate surface area is 69.6 Å². The Morgan fingerprint density at radius 2 is 1.90 bits per heavy atom. The van der Waals surface area contributed by atoms with Crippen molar-refractivity contribution in [3.05, 3.63) is 0 Å². The number of thiol groups is 1. The highest BCUT2D eigenvalue weighted by molar-refractivity contribution is 7.80. The van der Waals surface area contributed by atoms with E-state index in [2.05, 4.69) is 33.4 Å². The Hall–Kier alpha value is 0.310. The summed E-state index contributed by atoms with van der Waals surface area (Å²) in [7, 11) is 0. The van der Waals surface area contributed by atoms with Gasteiger partial charge in [-0.3, -0.25) is 0 Å². The molecule has 0 aliphatic rings. The number of ether oxygens (including phenoxy) is 1. The summed E-state index contributed by atoms with van der Waals surface area (Å²) in [6.07, 6.45) is 1.44. The van der Waals surface area contributed by atoms with E-state index >= 15 is 0 Å². The van der Waals surface area contributed by atoms with Crippen molar-refractivity contribution >= 4 is 12.6 Å². The molecule has 2 heteroatoms. The quantitative estimate of drug-likeness (QED) is 0.482. The van der Waals surface area contributed by atoms with Crippen molar-refractivity contribution in [2.75, 3.05) is 12.4 Å². The van der Waals surface area contributed by atoms with Gasteiger partial charge in [0.25, 0.3) is 0 Å². The van der Waals surface area contributed by atoms with Crippen LogP contribution < -0.4 is 0 Å². The molecule has 0 aliphatic heterocycles. The molecule has 0 aromatic carbocycles. The van der Waals surface area contributed by atoms with Crippen LogP contribution in [0.1, 0.15) is 27.2 Å². The normalized spacial score (nSPS) is 14.1. The highest BCUT2D eigenvalue weighted by Gasteiger charge is 2.05. The van der Waals surface area contributed by atoms with Crippen LogP contribution >= 0.6 is 12.6 Å². The molecule has 0 saturated heterocycles. The Kier molecular flexibility index (Phi) is 6.24. The topological polar surface area (TPSA) is 9.23 Å². The maximum absolute atomic E-state index is 5.49. The zero-order chi connectivity index (χ0) is 7.98. The summed E-state index contributed by atoms with van der Waals surface area (Å²) >= 11 is 4.09. The third-order valence-electron chi connectivity index (χ3n) is 1.62. The van der Waals surface area contributed by atoms with Gasteiger partial charge >= 0.3 is 0 Å². The van der Waals surface area contributed by atoms with Gasteiger partial charge in [-0.2, -0.15) is 12.6 Å². The second kappa shape index (κ2) is 6.05. The van der Waals surface area contributed by atoms with E-state index in [1.165, 1.54) is 0 Å². The second-order valence-corrected chi connectivity index (χ2v) is 3.34. The van der Waals surface area contributed by atoms with Crippen molar-refractivity contribution < 1.29 is 4.74 Å². The second-order valence-electron chi connectivity index (χ2n) is 2.90. The first kappa shape index (κ1) is 10.3. The molecule has 0 rings (SSSR count). The standard InChI is InChI=1S/C8H18OS/c1-7(2)8(3)9-5-4-6-10/h7-8,10H,4-6H2,1-3H3. The van der Waals surface area contributed by atoms with Crippen LogP contribution in [0.3, 0.4) is 0 Å². The van der Waals surface area contributed by atoms with E-state index in [0.717, 1.165) is 18.8 Å². The first-order valence-corrected chi connectivity index (χ1v) is 4.54. The predicted octanol–water partition coefficient (Wildman–Crippen LogP) is 2.37. The fraction of sp³-hybridized carbons (Fsp3) is 1.00. The molecule has 0 aromatic rings. The molecular weight excluding hydrogens is 144 g/mol. The monoisotopic (exact) mass is 162 g/mol.